The summed E-state index contributed by atoms with van der Waals surface area (Å²) in [4.78, 5) is 61.3. The molecule has 4 aliphatic rings. The summed E-state index contributed by atoms with van der Waals surface area (Å²) in [5.74, 6) is -4.68. The normalized spacial score (nSPS) is 25.3. The zero-order chi connectivity index (χ0) is 38.8. The molecular formula is C50H38N2O5. The highest BCUT2D eigenvalue weighted by molar-refractivity contribution is 6.32. The number of phenolic OH excluding ortho intramolecular Hbond substituents is 1. The largest absolute Gasteiger partial charge is 0.508 e. The van der Waals surface area contributed by atoms with Gasteiger partial charge in [-0.3, -0.25) is 24.1 Å². The quantitative estimate of drug-likeness (QED) is 0.130. The first-order valence-corrected chi connectivity index (χ1v) is 19.5. The summed E-state index contributed by atoms with van der Waals surface area (Å²) in [5, 5.41) is 17.0. The van der Waals surface area contributed by atoms with E-state index in [1.54, 1.807) is 18.2 Å². The first-order valence-electron chi connectivity index (χ1n) is 19.5. The van der Waals surface area contributed by atoms with E-state index >= 15 is 9.59 Å². The monoisotopic (exact) mass is 746 g/mol. The fourth-order valence-electron chi connectivity index (χ4n) is 10.4. The number of allylic oxidation sites excluding steroid dienone is 4. The summed E-state index contributed by atoms with van der Waals surface area (Å²) in [6, 6.07) is 47.0. The van der Waals surface area contributed by atoms with Gasteiger partial charge in [-0.1, -0.05) is 121 Å². The minimum atomic E-state index is -1.44. The highest BCUT2D eigenvalue weighted by Crippen LogP contribution is 2.65. The Morgan fingerprint density at radius 3 is 2.04 bits per heavy atom. The summed E-state index contributed by atoms with van der Waals surface area (Å²) in [6.07, 6.45) is 4.01. The standard InChI is InChI=1S/C50H38N2O5/c53-42-27-20-31-14-10-11-19-36(31)45(42)46-37-25-26-38-44(49(57)52(48(38)56)35-23-21-34(22-24-35)51-33-17-8-3-9-18-33)40(37)28-41-47(55)39(30-12-4-1-5-13-30)29-43(54)50(41,46)32-15-6-2-7-16-32/h1-25,27,29,38,40-41,44,46,51,53H,26,28H2. The van der Waals surface area contributed by atoms with Gasteiger partial charge in [-0.25, -0.2) is 0 Å². The zero-order valence-corrected chi connectivity index (χ0v) is 30.9. The molecule has 1 saturated carbocycles. The lowest BCUT2D eigenvalue weighted by atomic mass is 9.44. The maximum Gasteiger partial charge on any atom is 0.238 e. The van der Waals surface area contributed by atoms with Crippen molar-refractivity contribution >= 4 is 56.8 Å². The van der Waals surface area contributed by atoms with Gasteiger partial charge in [0.05, 0.1) is 22.9 Å². The molecule has 2 amide bonds. The topological polar surface area (TPSA) is 104 Å². The lowest BCUT2D eigenvalue weighted by Gasteiger charge is -2.55. The minimum absolute atomic E-state index is 0.00849. The Labute approximate surface area is 330 Å². The van der Waals surface area contributed by atoms with Crippen LogP contribution >= 0.6 is 0 Å². The predicted octanol–water partition coefficient (Wildman–Crippen LogP) is 9.32. The number of phenols is 1. The van der Waals surface area contributed by atoms with Crippen molar-refractivity contribution in [2.45, 2.75) is 24.2 Å². The third-order valence-electron chi connectivity index (χ3n) is 12.8. The fraction of sp³-hybridized carbons (Fsp3) is 0.160. The van der Waals surface area contributed by atoms with E-state index in [-0.39, 0.29) is 42.0 Å². The van der Waals surface area contributed by atoms with E-state index in [1.807, 2.05) is 140 Å². The average Bonchev–Trinajstić information content (AvgIpc) is 3.51. The number of nitrogens with zero attached hydrogens (tertiary/aromatic N) is 1. The van der Waals surface area contributed by atoms with Crippen molar-refractivity contribution in [2.24, 2.45) is 23.7 Å². The van der Waals surface area contributed by atoms with Gasteiger partial charge < -0.3 is 10.4 Å². The van der Waals surface area contributed by atoms with Crippen LogP contribution in [-0.4, -0.2) is 28.5 Å². The maximum absolute atomic E-state index is 15.4. The van der Waals surface area contributed by atoms with Gasteiger partial charge in [0.2, 0.25) is 11.8 Å². The number of rotatable bonds is 6. The van der Waals surface area contributed by atoms with Crippen LogP contribution in [0.1, 0.15) is 35.4 Å². The molecule has 0 aromatic heterocycles. The van der Waals surface area contributed by atoms with Gasteiger partial charge in [0.1, 0.15) is 5.75 Å². The fourth-order valence-corrected chi connectivity index (χ4v) is 10.4. The summed E-state index contributed by atoms with van der Waals surface area (Å²) in [6.45, 7) is 0. The number of imide groups is 1. The Hall–Kier alpha value is -6.86. The van der Waals surface area contributed by atoms with E-state index in [4.69, 9.17) is 0 Å². The van der Waals surface area contributed by atoms with Gasteiger partial charge in [-0.15, -0.1) is 0 Å². The number of amides is 2. The Morgan fingerprint density at radius 1 is 0.649 bits per heavy atom. The maximum atomic E-state index is 15.4. The van der Waals surface area contributed by atoms with E-state index in [1.165, 1.54) is 11.0 Å². The molecule has 6 unspecified atom stereocenters. The molecule has 6 aromatic carbocycles. The molecule has 2 fully saturated rings. The number of nitrogens with one attached hydrogen (secondary N) is 1. The number of carbonyl (C=O) groups is 4. The van der Waals surface area contributed by atoms with Gasteiger partial charge in [0, 0.05) is 34.3 Å². The molecule has 10 rings (SSSR count). The molecular weight excluding hydrogens is 709 g/mol. The first-order chi connectivity index (χ1) is 27.9. The minimum Gasteiger partial charge on any atom is -0.508 e. The van der Waals surface area contributed by atoms with Crippen LogP contribution in [0.4, 0.5) is 17.1 Å². The summed E-state index contributed by atoms with van der Waals surface area (Å²) in [5.41, 5.74) is 3.78. The lowest BCUT2D eigenvalue weighted by molar-refractivity contribution is -0.135. The third-order valence-corrected chi connectivity index (χ3v) is 12.8. The molecule has 1 saturated heterocycles. The number of ketones is 2. The molecule has 1 heterocycles. The van der Waals surface area contributed by atoms with E-state index in [0.29, 0.717) is 28.0 Å². The SMILES string of the molecule is O=C1C(c2ccccc2)=CC(=O)C2(c3ccccc3)C1CC1C(=CCC3C(=O)N(c4ccc(Nc5ccccc5)cc4)C(=O)C31)C2c1c(O)ccc2ccccc12. The number of anilines is 3. The van der Waals surface area contributed by atoms with Crippen molar-refractivity contribution in [3.63, 3.8) is 0 Å². The number of benzene rings is 6. The number of fused-ring (bicyclic) bond motifs is 5. The van der Waals surface area contributed by atoms with E-state index < -0.39 is 35.0 Å². The Kier molecular flexibility index (Phi) is 8.15. The number of para-hydroxylation sites is 1. The molecule has 0 radical (unpaired) electrons. The number of hydrogen-bond acceptors (Lipinski definition) is 6. The van der Waals surface area contributed by atoms with Crippen LogP contribution < -0.4 is 10.2 Å². The van der Waals surface area contributed by atoms with Crippen molar-refractivity contribution in [1.29, 1.82) is 0 Å². The lowest BCUT2D eigenvalue weighted by Crippen LogP contribution is -2.58. The molecule has 0 spiro atoms. The van der Waals surface area contributed by atoms with Crippen LogP contribution in [0, 0.1) is 23.7 Å². The van der Waals surface area contributed by atoms with Crippen molar-refractivity contribution in [1.82, 2.24) is 0 Å². The molecule has 6 atom stereocenters. The second-order valence-corrected chi connectivity index (χ2v) is 15.6. The predicted molar refractivity (Wildman–Crippen MR) is 221 cm³/mol. The van der Waals surface area contributed by atoms with Gasteiger partial charge in [-0.05, 0) is 89.2 Å². The molecule has 57 heavy (non-hydrogen) atoms. The van der Waals surface area contributed by atoms with E-state index in [0.717, 1.165) is 27.7 Å². The van der Waals surface area contributed by atoms with Crippen LogP contribution in [0.5, 0.6) is 5.75 Å². The third kappa shape index (κ3) is 5.26. The molecule has 1 aliphatic heterocycles. The molecule has 2 N–H and O–H groups in total. The van der Waals surface area contributed by atoms with Gasteiger partial charge in [-0.2, -0.15) is 0 Å². The highest BCUT2D eigenvalue weighted by atomic mass is 16.3. The van der Waals surface area contributed by atoms with Crippen LogP contribution in [0.15, 0.2) is 169 Å². The van der Waals surface area contributed by atoms with Crippen molar-refractivity contribution in [3.8, 4) is 5.75 Å². The van der Waals surface area contributed by atoms with Crippen LogP contribution in [0.2, 0.25) is 0 Å². The van der Waals surface area contributed by atoms with Crippen LogP contribution in [-0.2, 0) is 24.6 Å². The number of carbonyl (C=O) groups excluding carboxylic acids is 4. The van der Waals surface area contributed by atoms with Crippen molar-refractivity contribution < 1.29 is 24.3 Å². The molecule has 278 valence electrons. The second-order valence-electron chi connectivity index (χ2n) is 15.6. The smallest absolute Gasteiger partial charge is 0.238 e. The van der Waals surface area contributed by atoms with Crippen molar-refractivity contribution in [3.05, 3.63) is 186 Å². The number of Topliss-reactive ketones (excluding diaryl/α,β-unsaturated/α-hetero) is 1. The van der Waals surface area contributed by atoms with Crippen molar-refractivity contribution in [2.75, 3.05) is 10.2 Å². The molecule has 3 aliphatic carbocycles. The van der Waals surface area contributed by atoms with Gasteiger partial charge in [0.25, 0.3) is 0 Å². The second kappa shape index (κ2) is 13.4. The Balaban J connectivity index is 1.14. The number of hydrogen-bond donors (Lipinski definition) is 2. The molecule has 7 heteroatoms. The molecule has 6 aromatic rings. The van der Waals surface area contributed by atoms with Gasteiger partial charge in [0.15, 0.2) is 11.6 Å². The van der Waals surface area contributed by atoms with E-state index in [9.17, 15) is 14.7 Å². The summed E-state index contributed by atoms with van der Waals surface area (Å²) < 4.78 is 0. The molecule has 0 bridgehead atoms. The molecule has 7 nitrogen and oxygen atoms in total. The first kappa shape index (κ1) is 34.6. The average molecular weight is 747 g/mol. The number of aromatic hydroxyl groups is 1. The van der Waals surface area contributed by atoms with E-state index in [2.05, 4.69) is 5.32 Å². The summed E-state index contributed by atoms with van der Waals surface area (Å²) in [7, 11) is 0. The van der Waals surface area contributed by atoms with Gasteiger partial charge >= 0.3 is 0 Å². The Morgan fingerprint density at radius 2 is 1.30 bits per heavy atom. The highest BCUT2D eigenvalue weighted by Gasteiger charge is 2.66. The zero-order valence-electron chi connectivity index (χ0n) is 30.9. The van der Waals surface area contributed by atoms with Crippen LogP contribution in [0.25, 0.3) is 16.3 Å². The Bertz CT molecular complexity index is 2670. The van der Waals surface area contributed by atoms with Crippen LogP contribution in [0.3, 0.4) is 0 Å². The summed E-state index contributed by atoms with van der Waals surface area (Å²) >= 11 is 0.